The molecule has 0 bridgehead atoms. The fraction of sp³-hybridized carbons (Fsp3) is 0.722. The Hall–Kier alpha value is -1.89. The number of aromatic nitrogens is 2. The largest absolute Gasteiger partial charge is 0.354 e. The number of nitrogens with zero attached hydrogens (tertiary/aromatic N) is 3. The van der Waals surface area contributed by atoms with Crippen LogP contribution in [0.5, 0.6) is 0 Å². The van der Waals surface area contributed by atoms with Crippen LogP contribution in [0, 0.1) is 5.92 Å². The molecule has 25 heavy (non-hydrogen) atoms. The number of carbonyl (C=O) groups is 2. The molecular weight excluding hydrogens is 320 g/mol. The molecule has 7 heteroatoms. The van der Waals surface area contributed by atoms with Crippen molar-refractivity contribution < 1.29 is 14.3 Å². The summed E-state index contributed by atoms with van der Waals surface area (Å²) in [6.07, 6.45) is 7.51. The van der Waals surface area contributed by atoms with E-state index in [-0.39, 0.29) is 11.8 Å². The van der Waals surface area contributed by atoms with Gasteiger partial charge in [0.2, 0.25) is 5.91 Å². The number of piperidine rings is 1. The first-order chi connectivity index (χ1) is 12.1. The van der Waals surface area contributed by atoms with Gasteiger partial charge in [-0.25, -0.2) is 4.98 Å². The van der Waals surface area contributed by atoms with E-state index < -0.39 is 11.7 Å². The van der Waals surface area contributed by atoms with Gasteiger partial charge in [-0.2, -0.15) is 0 Å². The maximum absolute atomic E-state index is 12.6. The van der Waals surface area contributed by atoms with Gasteiger partial charge in [0.15, 0.2) is 6.10 Å². The molecule has 1 saturated carbocycles. The highest BCUT2D eigenvalue weighted by Crippen LogP contribution is 2.40. The van der Waals surface area contributed by atoms with Crippen LogP contribution in [0.3, 0.4) is 0 Å². The summed E-state index contributed by atoms with van der Waals surface area (Å²) >= 11 is 0. The predicted molar refractivity (Wildman–Crippen MR) is 90.6 cm³/mol. The third-order valence-corrected chi connectivity index (χ3v) is 5.63. The van der Waals surface area contributed by atoms with Crippen molar-refractivity contribution in [3.63, 3.8) is 0 Å². The first kappa shape index (κ1) is 16.6. The number of nitrogens with one attached hydrogen (secondary N) is 1. The highest BCUT2D eigenvalue weighted by molar-refractivity contribution is 5.81. The maximum atomic E-state index is 12.6. The molecule has 1 aromatic rings. The summed E-state index contributed by atoms with van der Waals surface area (Å²) in [7, 11) is 0. The Bertz CT molecular complexity index is 659. The van der Waals surface area contributed by atoms with Crippen LogP contribution in [0.4, 0.5) is 0 Å². The Morgan fingerprint density at radius 1 is 1.36 bits per heavy atom. The van der Waals surface area contributed by atoms with E-state index in [1.54, 1.807) is 6.20 Å². The SMILES string of the molecule is CCC(=O)N1CCC2(CC1)O[C@@H](C(=O)NCC1CC1)Cn1ccnc12. The van der Waals surface area contributed by atoms with Crippen LogP contribution in [-0.4, -0.2) is 52.0 Å². The first-order valence-corrected chi connectivity index (χ1v) is 9.36. The fourth-order valence-corrected chi connectivity index (χ4v) is 3.90. The van der Waals surface area contributed by atoms with Gasteiger partial charge in [0, 0.05) is 51.3 Å². The molecule has 1 atom stereocenters. The number of hydrogen-bond donors (Lipinski definition) is 1. The molecule has 0 unspecified atom stereocenters. The zero-order valence-corrected chi connectivity index (χ0v) is 14.7. The average molecular weight is 346 g/mol. The van der Waals surface area contributed by atoms with E-state index in [0.717, 1.165) is 12.4 Å². The van der Waals surface area contributed by atoms with Crippen LogP contribution >= 0.6 is 0 Å². The van der Waals surface area contributed by atoms with E-state index >= 15 is 0 Å². The van der Waals surface area contributed by atoms with Crippen LogP contribution in [-0.2, 0) is 26.5 Å². The van der Waals surface area contributed by atoms with E-state index in [0.29, 0.717) is 44.8 Å². The van der Waals surface area contributed by atoms with Gasteiger partial charge < -0.3 is 19.5 Å². The van der Waals surface area contributed by atoms with Crippen LogP contribution < -0.4 is 5.32 Å². The average Bonchev–Trinajstić information content (AvgIpc) is 3.34. The van der Waals surface area contributed by atoms with E-state index in [2.05, 4.69) is 10.3 Å². The van der Waals surface area contributed by atoms with Gasteiger partial charge in [-0.3, -0.25) is 9.59 Å². The maximum Gasteiger partial charge on any atom is 0.251 e. The lowest BCUT2D eigenvalue weighted by Gasteiger charge is -2.45. The van der Waals surface area contributed by atoms with Crippen LogP contribution in [0.15, 0.2) is 12.4 Å². The minimum Gasteiger partial charge on any atom is -0.354 e. The van der Waals surface area contributed by atoms with Gasteiger partial charge in [-0.05, 0) is 18.8 Å². The number of amides is 2. The van der Waals surface area contributed by atoms with Crippen molar-refractivity contribution in [3.05, 3.63) is 18.2 Å². The summed E-state index contributed by atoms with van der Waals surface area (Å²) in [6, 6.07) is 0. The lowest BCUT2D eigenvalue weighted by Crippen LogP contribution is -2.54. The molecule has 2 fully saturated rings. The molecule has 0 aromatic carbocycles. The van der Waals surface area contributed by atoms with Gasteiger partial charge in [-0.1, -0.05) is 6.92 Å². The molecule has 1 aliphatic carbocycles. The molecule has 0 radical (unpaired) electrons. The summed E-state index contributed by atoms with van der Waals surface area (Å²) in [5.74, 6) is 1.68. The Kier molecular flexibility index (Phi) is 4.27. The number of ether oxygens (including phenoxy) is 1. The van der Waals surface area contributed by atoms with Gasteiger partial charge in [0.05, 0.1) is 6.54 Å². The molecule has 2 aliphatic heterocycles. The third kappa shape index (κ3) is 3.17. The summed E-state index contributed by atoms with van der Waals surface area (Å²) in [6.45, 7) is 4.44. The van der Waals surface area contributed by atoms with Gasteiger partial charge in [0.1, 0.15) is 11.4 Å². The second-order valence-electron chi connectivity index (χ2n) is 7.43. The number of rotatable bonds is 4. The summed E-state index contributed by atoms with van der Waals surface area (Å²) in [5.41, 5.74) is -0.562. The van der Waals surface area contributed by atoms with E-state index in [9.17, 15) is 9.59 Å². The van der Waals surface area contributed by atoms with Crippen molar-refractivity contribution in [2.45, 2.75) is 57.3 Å². The second-order valence-corrected chi connectivity index (χ2v) is 7.43. The first-order valence-electron chi connectivity index (χ1n) is 9.36. The van der Waals surface area contributed by atoms with Crippen molar-refractivity contribution in [2.75, 3.05) is 19.6 Å². The van der Waals surface area contributed by atoms with Gasteiger partial charge in [-0.15, -0.1) is 0 Å². The molecular formula is C18H26N4O3. The summed E-state index contributed by atoms with van der Waals surface area (Å²) < 4.78 is 8.39. The lowest BCUT2D eigenvalue weighted by atomic mass is 9.88. The lowest BCUT2D eigenvalue weighted by molar-refractivity contribution is -0.175. The van der Waals surface area contributed by atoms with E-state index in [4.69, 9.17) is 4.74 Å². The molecule has 3 aliphatic rings. The highest BCUT2D eigenvalue weighted by Gasteiger charge is 2.47. The van der Waals surface area contributed by atoms with Crippen LogP contribution in [0.2, 0.25) is 0 Å². The van der Waals surface area contributed by atoms with Gasteiger partial charge >= 0.3 is 0 Å². The van der Waals surface area contributed by atoms with E-state index in [1.807, 2.05) is 22.6 Å². The van der Waals surface area contributed by atoms with E-state index in [1.165, 1.54) is 12.8 Å². The molecule has 3 heterocycles. The fourth-order valence-electron chi connectivity index (χ4n) is 3.90. The molecule has 1 saturated heterocycles. The van der Waals surface area contributed by atoms with Gasteiger partial charge in [0.25, 0.3) is 5.91 Å². The second kappa shape index (κ2) is 6.44. The molecule has 1 spiro atoms. The zero-order valence-electron chi connectivity index (χ0n) is 14.7. The van der Waals surface area contributed by atoms with Crippen molar-refractivity contribution >= 4 is 11.8 Å². The standard InChI is InChI=1S/C18H26N4O3/c1-2-15(23)21-8-5-18(6-9-21)17-19-7-10-22(17)12-14(25-18)16(24)20-11-13-3-4-13/h7,10,13-14H,2-6,8-9,11-12H2,1H3,(H,20,24)/t14-/m1/s1. The molecule has 1 N–H and O–H groups in total. The Morgan fingerprint density at radius 2 is 2.12 bits per heavy atom. The number of imidazole rings is 1. The summed E-state index contributed by atoms with van der Waals surface area (Å²) in [4.78, 5) is 30.9. The predicted octanol–water partition coefficient (Wildman–Crippen LogP) is 1.04. The number of carbonyl (C=O) groups excluding carboxylic acids is 2. The zero-order chi connectivity index (χ0) is 17.4. The number of fused-ring (bicyclic) bond motifs is 2. The Labute approximate surface area is 147 Å². The quantitative estimate of drug-likeness (QED) is 0.884. The normalized spacial score (nSPS) is 24.8. The molecule has 2 amide bonds. The highest BCUT2D eigenvalue weighted by atomic mass is 16.5. The number of hydrogen-bond acceptors (Lipinski definition) is 4. The minimum atomic E-state index is -0.562. The Balaban J connectivity index is 1.49. The molecule has 1 aromatic heterocycles. The molecule has 7 nitrogen and oxygen atoms in total. The van der Waals surface area contributed by atoms with Crippen molar-refractivity contribution in [1.29, 1.82) is 0 Å². The topological polar surface area (TPSA) is 76.5 Å². The summed E-state index contributed by atoms with van der Waals surface area (Å²) in [5, 5.41) is 3.03. The smallest absolute Gasteiger partial charge is 0.251 e. The van der Waals surface area contributed by atoms with Crippen molar-refractivity contribution in [3.8, 4) is 0 Å². The minimum absolute atomic E-state index is 0.0299. The van der Waals surface area contributed by atoms with Crippen molar-refractivity contribution in [1.82, 2.24) is 19.8 Å². The van der Waals surface area contributed by atoms with Crippen molar-refractivity contribution in [2.24, 2.45) is 5.92 Å². The molecule has 136 valence electrons. The van der Waals surface area contributed by atoms with Crippen LogP contribution in [0.1, 0.15) is 44.9 Å². The third-order valence-electron chi connectivity index (χ3n) is 5.63. The molecule has 4 rings (SSSR count). The number of likely N-dealkylation sites (tertiary alicyclic amines) is 1. The monoisotopic (exact) mass is 346 g/mol. The van der Waals surface area contributed by atoms with Crippen LogP contribution in [0.25, 0.3) is 0 Å². The Morgan fingerprint density at radius 3 is 2.80 bits per heavy atom.